The van der Waals surface area contributed by atoms with E-state index in [-0.39, 0.29) is 5.91 Å². The topological polar surface area (TPSA) is 74.0 Å². The largest absolute Gasteiger partial charge is 0.459 e. The van der Waals surface area contributed by atoms with Gasteiger partial charge in [0.1, 0.15) is 0 Å². The van der Waals surface area contributed by atoms with E-state index in [0.29, 0.717) is 25.4 Å². The molecule has 0 bridgehead atoms. The van der Waals surface area contributed by atoms with Gasteiger partial charge in [0.25, 0.3) is 5.91 Å². The first-order valence-electron chi connectivity index (χ1n) is 8.38. The number of nitrogens with zero attached hydrogens (tertiary/aromatic N) is 4. The minimum atomic E-state index is -0.0586. The minimum absolute atomic E-state index is 0.0586. The second-order valence-electron chi connectivity index (χ2n) is 5.92. The molecule has 7 heteroatoms. The Morgan fingerprint density at radius 3 is 2.64 bits per heavy atom. The van der Waals surface area contributed by atoms with Gasteiger partial charge < -0.3 is 19.5 Å². The van der Waals surface area contributed by atoms with Crippen molar-refractivity contribution in [2.24, 2.45) is 4.99 Å². The number of piperazine rings is 1. The van der Waals surface area contributed by atoms with Crippen molar-refractivity contribution in [2.75, 3.05) is 33.2 Å². The van der Waals surface area contributed by atoms with E-state index in [1.807, 2.05) is 24.0 Å². The molecule has 3 heterocycles. The van der Waals surface area contributed by atoms with Crippen LogP contribution < -0.4 is 5.32 Å². The highest BCUT2D eigenvalue weighted by atomic mass is 16.3. The molecule has 2 aromatic rings. The maximum Gasteiger partial charge on any atom is 0.289 e. The molecule has 0 aliphatic carbocycles. The van der Waals surface area contributed by atoms with Crippen LogP contribution >= 0.6 is 0 Å². The average Bonchev–Trinajstić information content (AvgIpc) is 3.18. The molecule has 0 radical (unpaired) electrons. The number of carbonyl (C=O) groups excluding carboxylic acids is 1. The lowest BCUT2D eigenvalue weighted by atomic mass is 10.2. The summed E-state index contributed by atoms with van der Waals surface area (Å²) in [6.07, 6.45) is 3.32. The van der Waals surface area contributed by atoms with E-state index in [9.17, 15) is 4.79 Å². The van der Waals surface area contributed by atoms with Crippen LogP contribution in [0.1, 0.15) is 21.8 Å². The van der Waals surface area contributed by atoms with Crippen molar-refractivity contribution in [3.05, 3.63) is 53.7 Å². The standard InChI is InChI=1S/C18H23N5O2/c1-14-5-3-7-20-15(14)13-21-18(19-2)23-10-8-22(9-11-23)17(24)16-6-4-12-25-16/h3-7,12H,8-11,13H2,1-2H3,(H,19,21). The molecule has 0 saturated carbocycles. The van der Waals surface area contributed by atoms with Crippen LogP contribution in [0.4, 0.5) is 0 Å². The van der Waals surface area contributed by atoms with Gasteiger partial charge in [-0.2, -0.15) is 0 Å². The lowest BCUT2D eigenvalue weighted by Gasteiger charge is -2.36. The quantitative estimate of drug-likeness (QED) is 0.677. The van der Waals surface area contributed by atoms with Gasteiger partial charge in [-0.1, -0.05) is 6.07 Å². The SMILES string of the molecule is CN=C(NCc1ncccc1C)N1CCN(C(=O)c2ccco2)CC1. The Labute approximate surface area is 147 Å². The molecule has 0 aromatic carbocycles. The van der Waals surface area contributed by atoms with E-state index in [2.05, 4.69) is 20.2 Å². The third-order valence-electron chi connectivity index (χ3n) is 4.34. The molecule has 0 atom stereocenters. The fourth-order valence-electron chi connectivity index (χ4n) is 2.88. The summed E-state index contributed by atoms with van der Waals surface area (Å²) in [5.74, 6) is 1.16. The average molecular weight is 341 g/mol. The van der Waals surface area contributed by atoms with Gasteiger partial charge in [-0.05, 0) is 30.7 Å². The Bertz CT molecular complexity index is 734. The number of rotatable bonds is 3. The van der Waals surface area contributed by atoms with Crippen molar-refractivity contribution in [3.8, 4) is 0 Å². The summed E-state index contributed by atoms with van der Waals surface area (Å²) in [5.41, 5.74) is 2.16. The number of aromatic nitrogens is 1. The third-order valence-corrected chi connectivity index (χ3v) is 4.34. The van der Waals surface area contributed by atoms with Crippen LogP contribution in [0.3, 0.4) is 0 Å². The van der Waals surface area contributed by atoms with Crippen LogP contribution in [-0.4, -0.2) is 59.9 Å². The number of aliphatic imine (C=N–C) groups is 1. The molecule has 1 N–H and O–H groups in total. The van der Waals surface area contributed by atoms with Crippen molar-refractivity contribution < 1.29 is 9.21 Å². The van der Waals surface area contributed by atoms with Gasteiger partial charge in [-0.15, -0.1) is 0 Å². The molecule has 1 amide bonds. The second-order valence-corrected chi connectivity index (χ2v) is 5.92. The van der Waals surface area contributed by atoms with Gasteiger partial charge in [-0.3, -0.25) is 14.8 Å². The first-order valence-corrected chi connectivity index (χ1v) is 8.38. The highest BCUT2D eigenvalue weighted by Crippen LogP contribution is 2.10. The molecule has 1 fully saturated rings. The molecule has 0 unspecified atom stereocenters. The number of aryl methyl sites for hydroxylation is 1. The van der Waals surface area contributed by atoms with Gasteiger partial charge in [0.2, 0.25) is 0 Å². The van der Waals surface area contributed by atoms with Crippen LogP contribution in [-0.2, 0) is 6.54 Å². The molecule has 25 heavy (non-hydrogen) atoms. The lowest BCUT2D eigenvalue weighted by molar-refractivity contribution is 0.0657. The number of furan rings is 1. The van der Waals surface area contributed by atoms with Gasteiger partial charge in [-0.25, -0.2) is 0 Å². The van der Waals surface area contributed by atoms with E-state index in [1.165, 1.54) is 6.26 Å². The predicted octanol–water partition coefficient (Wildman–Crippen LogP) is 1.52. The summed E-state index contributed by atoms with van der Waals surface area (Å²) >= 11 is 0. The summed E-state index contributed by atoms with van der Waals surface area (Å²) in [7, 11) is 1.77. The second kappa shape index (κ2) is 7.83. The first-order chi connectivity index (χ1) is 12.2. The van der Waals surface area contributed by atoms with Crippen LogP contribution in [0.15, 0.2) is 46.1 Å². The van der Waals surface area contributed by atoms with Crippen molar-refractivity contribution in [1.82, 2.24) is 20.1 Å². The van der Waals surface area contributed by atoms with E-state index in [4.69, 9.17) is 4.42 Å². The smallest absolute Gasteiger partial charge is 0.289 e. The Kier molecular flexibility index (Phi) is 5.33. The summed E-state index contributed by atoms with van der Waals surface area (Å²) in [6.45, 7) is 5.42. The molecular weight excluding hydrogens is 318 g/mol. The summed E-state index contributed by atoms with van der Waals surface area (Å²) < 4.78 is 5.19. The van der Waals surface area contributed by atoms with Gasteiger partial charge >= 0.3 is 0 Å². The number of hydrogen-bond acceptors (Lipinski definition) is 4. The van der Waals surface area contributed by atoms with Gasteiger partial charge in [0, 0.05) is 39.4 Å². The number of guanidine groups is 1. The Morgan fingerprint density at radius 2 is 2.00 bits per heavy atom. The highest BCUT2D eigenvalue weighted by Gasteiger charge is 2.25. The molecule has 0 spiro atoms. The zero-order chi connectivity index (χ0) is 17.6. The van der Waals surface area contributed by atoms with E-state index >= 15 is 0 Å². The maximum atomic E-state index is 12.3. The number of hydrogen-bond donors (Lipinski definition) is 1. The zero-order valence-corrected chi connectivity index (χ0v) is 14.6. The summed E-state index contributed by atoms with van der Waals surface area (Å²) in [6, 6.07) is 7.41. The van der Waals surface area contributed by atoms with Crippen LogP contribution in [0.25, 0.3) is 0 Å². The molecule has 1 saturated heterocycles. The van der Waals surface area contributed by atoms with Crippen LogP contribution in [0.2, 0.25) is 0 Å². The number of amides is 1. The fourth-order valence-corrected chi connectivity index (χ4v) is 2.88. The molecular formula is C18H23N5O2. The molecule has 1 aliphatic heterocycles. The third kappa shape index (κ3) is 3.99. The monoisotopic (exact) mass is 341 g/mol. The van der Waals surface area contributed by atoms with Gasteiger partial charge in [0.05, 0.1) is 18.5 Å². The minimum Gasteiger partial charge on any atom is -0.459 e. The van der Waals surface area contributed by atoms with E-state index < -0.39 is 0 Å². The molecule has 2 aromatic heterocycles. The first kappa shape index (κ1) is 17.0. The molecule has 132 valence electrons. The zero-order valence-electron chi connectivity index (χ0n) is 14.6. The highest BCUT2D eigenvalue weighted by molar-refractivity contribution is 5.91. The molecule has 3 rings (SSSR count). The Morgan fingerprint density at radius 1 is 1.24 bits per heavy atom. The number of carbonyl (C=O) groups is 1. The fraction of sp³-hybridized carbons (Fsp3) is 0.389. The molecule has 7 nitrogen and oxygen atoms in total. The van der Waals surface area contributed by atoms with Crippen molar-refractivity contribution in [3.63, 3.8) is 0 Å². The summed E-state index contributed by atoms with van der Waals surface area (Å²) in [4.78, 5) is 25.0. The normalized spacial score (nSPS) is 15.4. The van der Waals surface area contributed by atoms with E-state index in [1.54, 1.807) is 25.4 Å². The van der Waals surface area contributed by atoms with Crippen molar-refractivity contribution >= 4 is 11.9 Å². The lowest BCUT2D eigenvalue weighted by Crippen LogP contribution is -2.53. The van der Waals surface area contributed by atoms with Gasteiger partial charge in [0.15, 0.2) is 11.7 Å². The van der Waals surface area contributed by atoms with Crippen LogP contribution in [0, 0.1) is 6.92 Å². The van der Waals surface area contributed by atoms with Crippen LogP contribution in [0.5, 0.6) is 0 Å². The predicted molar refractivity (Wildman–Crippen MR) is 95.4 cm³/mol. The molecule has 1 aliphatic rings. The number of nitrogens with one attached hydrogen (secondary N) is 1. The summed E-state index contributed by atoms with van der Waals surface area (Å²) in [5, 5.41) is 3.36. The number of pyridine rings is 1. The van der Waals surface area contributed by atoms with Crippen molar-refractivity contribution in [1.29, 1.82) is 0 Å². The Hall–Kier alpha value is -2.83. The van der Waals surface area contributed by atoms with Crippen molar-refractivity contribution in [2.45, 2.75) is 13.5 Å². The Balaban J connectivity index is 1.54. The maximum absolute atomic E-state index is 12.3. The van der Waals surface area contributed by atoms with E-state index in [0.717, 1.165) is 30.3 Å².